The summed E-state index contributed by atoms with van der Waals surface area (Å²) in [6.07, 6.45) is 1.51. The van der Waals surface area contributed by atoms with Gasteiger partial charge in [-0.15, -0.1) is 0 Å². The highest BCUT2D eigenvalue weighted by Crippen LogP contribution is 2.09. The Balaban J connectivity index is 1.98. The van der Waals surface area contributed by atoms with Crippen LogP contribution in [0.1, 0.15) is 16.1 Å². The van der Waals surface area contributed by atoms with Gasteiger partial charge in [0.05, 0.1) is 13.3 Å². The number of hydrogen-bond acceptors (Lipinski definition) is 5. The minimum atomic E-state index is -0.479. The summed E-state index contributed by atoms with van der Waals surface area (Å²) in [4.78, 5) is 11.6. The minimum absolute atomic E-state index is 0.0990. The van der Waals surface area contributed by atoms with Crippen molar-refractivity contribution in [2.45, 2.75) is 0 Å². The third-order valence-electron chi connectivity index (χ3n) is 2.26. The molecule has 0 aliphatic carbocycles. The summed E-state index contributed by atoms with van der Waals surface area (Å²) in [5, 5.41) is 12.4. The van der Waals surface area contributed by atoms with Gasteiger partial charge in [-0.3, -0.25) is 9.89 Å². The maximum Gasteiger partial charge on any atom is 0.294 e. The Bertz CT molecular complexity index is 644. The van der Waals surface area contributed by atoms with Crippen molar-refractivity contribution in [2.75, 3.05) is 7.11 Å². The third-order valence-corrected chi connectivity index (χ3v) is 2.56. The fraction of sp³-hybridized carbons (Fsp3) is 0.0909. The van der Waals surface area contributed by atoms with Crippen molar-refractivity contribution in [2.24, 2.45) is 5.10 Å². The first-order valence-corrected chi connectivity index (χ1v) is 5.72. The molecule has 3 N–H and O–H groups in total. The molecular formula is C11H11N5O2S. The van der Waals surface area contributed by atoms with Gasteiger partial charge in [0.1, 0.15) is 5.75 Å². The highest BCUT2D eigenvalue weighted by Gasteiger charge is 2.09. The normalized spacial score (nSPS) is 10.6. The first kappa shape index (κ1) is 13.0. The lowest BCUT2D eigenvalue weighted by Crippen LogP contribution is -2.18. The molecule has 1 heterocycles. The summed E-state index contributed by atoms with van der Waals surface area (Å²) < 4.78 is 5.27. The topological polar surface area (TPSA) is 95.2 Å². The molecule has 0 aliphatic heterocycles. The van der Waals surface area contributed by atoms with Crippen LogP contribution in [0.3, 0.4) is 0 Å². The van der Waals surface area contributed by atoms with E-state index in [0.29, 0.717) is 0 Å². The second kappa shape index (κ2) is 5.91. The lowest BCUT2D eigenvalue weighted by atomic mass is 10.2. The third kappa shape index (κ3) is 3.26. The molecule has 8 heteroatoms. The second-order valence-corrected chi connectivity index (χ2v) is 3.91. The number of nitrogens with one attached hydrogen (secondary N) is 3. The standard InChI is InChI=1S/C11H11N5O2S/c1-18-8-4-2-7(3-5-8)6-12-14-10(17)9-11(19)15-16-13-9/h2-6H,1H3,(H,14,17)(H2,13,15,16,19). The molecule has 0 spiro atoms. The molecule has 0 bridgehead atoms. The van der Waals surface area contributed by atoms with E-state index in [1.54, 1.807) is 19.2 Å². The van der Waals surface area contributed by atoms with E-state index in [4.69, 9.17) is 17.0 Å². The summed E-state index contributed by atoms with van der Waals surface area (Å²) in [6, 6.07) is 7.23. The zero-order valence-electron chi connectivity index (χ0n) is 10.0. The molecule has 0 saturated heterocycles. The van der Waals surface area contributed by atoms with E-state index in [-0.39, 0.29) is 10.3 Å². The first-order chi connectivity index (χ1) is 9.20. The quantitative estimate of drug-likeness (QED) is 0.445. The predicted molar refractivity (Wildman–Crippen MR) is 71.8 cm³/mol. The van der Waals surface area contributed by atoms with Gasteiger partial charge in [-0.2, -0.15) is 10.2 Å². The van der Waals surface area contributed by atoms with Crippen molar-refractivity contribution in [1.29, 1.82) is 0 Å². The van der Waals surface area contributed by atoms with E-state index < -0.39 is 5.91 Å². The lowest BCUT2D eigenvalue weighted by molar-refractivity contribution is 0.0949. The Morgan fingerprint density at radius 2 is 2.21 bits per heavy atom. The van der Waals surface area contributed by atoms with Crippen LogP contribution in [0.4, 0.5) is 0 Å². The number of benzene rings is 1. The molecule has 0 atom stereocenters. The van der Waals surface area contributed by atoms with Crippen LogP contribution in [0.25, 0.3) is 0 Å². The van der Waals surface area contributed by atoms with Gasteiger partial charge in [-0.05, 0) is 29.8 Å². The smallest absolute Gasteiger partial charge is 0.294 e. The van der Waals surface area contributed by atoms with Crippen molar-refractivity contribution in [3.05, 3.63) is 40.2 Å². The summed E-state index contributed by atoms with van der Waals surface area (Å²) in [5.74, 6) is 0.274. The molecular weight excluding hydrogens is 266 g/mol. The minimum Gasteiger partial charge on any atom is -0.497 e. The molecule has 0 aliphatic rings. The summed E-state index contributed by atoms with van der Waals surface area (Å²) in [7, 11) is 1.59. The molecule has 1 amide bonds. The maximum atomic E-state index is 11.6. The van der Waals surface area contributed by atoms with Gasteiger partial charge in [0.25, 0.3) is 5.91 Å². The van der Waals surface area contributed by atoms with Crippen LogP contribution in [-0.4, -0.2) is 34.6 Å². The lowest BCUT2D eigenvalue weighted by Gasteiger charge is -1.99. The average molecular weight is 277 g/mol. The van der Waals surface area contributed by atoms with Gasteiger partial charge < -0.3 is 4.74 Å². The monoisotopic (exact) mass is 277 g/mol. The number of methoxy groups -OCH3 is 1. The number of hydrogen-bond donors (Lipinski definition) is 3. The van der Waals surface area contributed by atoms with Crippen molar-refractivity contribution in [3.63, 3.8) is 0 Å². The second-order valence-electron chi connectivity index (χ2n) is 3.50. The van der Waals surface area contributed by atoms with Gasteiger partial charge in [0.2, 0.25) is 0 Å². The number of nitrogens with zero attached hydrogens (tertiary/aromatic N) is 2. The molecule has 7 nitrogen and oxygen atoms in total. The number of hydrazone groups is 1. The van der Waals surface area contributed by atoms with Crippen LogP contribution in [-0.2, 0) is 0 Å². The zero-order valence-corrected chi connectivity index (χ0v) is 10.8. The van der Waals surface area contributed by atoms with Gasteiger partial charge in [0.15, 0.2) is 10.3 Å². The molecule has 0 saturated carbocycles. The van der Waals surface area contributed by atoms with Gasteiger partial charge in [-0.25, -0.2) is 10.6 Å². The summed E-state index contributed by atoms with van der Waals surface area (Å²) in [6.45, 7) is 0. The van der Waals surface area contributed by atoms with Crippen molar-refractivity contribution in [1.82, 2.24) is 20.8 Å². The Labute approximate surface area is 113 Å². The number of carbonyl (C=O) groups excluding carboxylic acids is 1. The van der Waals surface area contributed by atoms with Gasteiger partial charge in [-0.1, -0.05) is 12.2 Å². The van der Waals surface area contributed by atoms with Crippen molar-refractivity contribution >= 4 is 24.3 Å². The molecule has 19 heavy (non-hydrogen) atoms. The number of aromatic nitrogens is 3. The number of rotatable bonds is 4. The molecule has 1 aromatic heterocycles. The first-order valence-electron chi connectivity index (χ1n) is 5.31. The van der Waals surface area contributed by atoms with Crippen molar-refractivity contribution in [3.8, 4) is 5.75 Å². The molecule has 98 valence electrons. The number of ether oxygens (including phenoxy) is 1. The molecule has 2 aromatic rings. The zero-order chi connectivity index (χ0) is 13.7. The largest absolute Gasteiger partial charge is 0.497 e. The molecule has 0 unspecified atom stereocenters. The van der Waals surface area contributed by atoms with E-state index in [1.807, 2.05) is 12.1 Å². The fourth-order valence-corrected chi connectivity index (χ4v) is 1.49. The Morgan fingerprint density at radius 1 is 1.47 bits per heavy atom. The van der Waals surface area contributed by atoms with E-state index in [0.717, 1.165) is 11.3 Å². The summed E-state index contributed by atoms with van der Waals surface area (Å²) >= 11 is 4.86. The van der Waals surface area contributed by atoms with E-state index >= 15 is 0 Å². The van der Waals surface area contributed by atoms with Crippen LogP contribution in [0, 0.1) is 4.64 Å². The van der Waals surface area contributed by atoms with Crippen LogP contribution in [0.2, 0.25) is 0 Å². The Morgan fingerprint density at radius 3 is 2.79 bits per heavy atom. The highest BCUT2D eigenvalue weighted by atomic mass is 32.1. The summed E-state index contributed by atoms with van der Waals surface area (Å²) in [5.41, 5.74) is 3.26. The van der Waals surface area contributed by atoms with Crippen molar-refractivity contribution < 1.29 is 9.53 Å². The highest BCUT2D eigenvalue weighted by molar-refractivity contribution is 7.71. The molecule has 0 radical (unpaired) electrons. The number of amides is 1. The Kier molecular flexibility index (Phi) is 4.04. The fourth-order valence-electron chi connectivity index (χ4n) is 1.31. The van der Waals surface area contributed by atoms with Crippen LogP contribution < -0.4 is 10.2 Å². The predicted octanol–water partition coefficient (Wildman–Crippen LogP) is 1.24. The number of carbonyl (C=O) groups is 1. The van der Waals surface area contributed by atoms with E-state index in [9.17, 15) is 4.79 Å². The SMILES string of the molecule is COc1ccc(C=NNC(=O)c2n[nH][nH]c2=S)cc1. The number of H-pyrrole nitrogens is 2. The molecule has 2 rings (SSSR count). The average Bonchev–Trinajstić information content (AvgIpc) is 2.86. The van der Waals surface area contributed by atoms with Crippen LogP contribution in [0.15, 0.2) is 29.4 Å². The molecule has 0 fully saturated rings. The van der Waals surface area contributed by atoms with E-state index in [2.05, 4.69) is 25.9 Å². The van der Waals surface area contributed by atoms with Crippen LogP contribution in [0.5, 0.6) is 5.75 Å². The van der Waals surface area contributed by atoms with Gasteiger partial charge in [0, 0.05) is 0 Å². The van der Waals surface area contributed by atoms with E-state index in [1.165, 1.54) is 6.21 Å². The maximum absolute atomic E-state index is 11.6. The number of aromatic amines is 2. The molecule has 1 aromatic carbocycles. The Hall–Kier alpha value is -2.48. The van der Waals surface area contributed by atoms with Gasteiger partial charge >= 0.3 is 0 Å². The van der Waals surface area contributed by atoms with Crippen LogP contribution >= 0.6 is 12.2 Å².